The normalized spacial score (nSPS) is 11.4. The number of aliphatic imine (C=N–C) groups is 1. The zero-order valence-corrected chi connectivity index (χ0v) is 21.4. The first-order valence-electron chi connectivity index (χ1n) is 11.8. The summed E-state index contributed by atoms with van der Waals surface area (Å²) in [4.78, 5) is 43.5. The van der Waals surface area contributed by atoms with Crippen LogP contribution in [0.4, 0.5) is 0 Å². The summed E-state index contributed by atoms with van der Waals surface area (Å²) in [7, 11) is 0. The Bertz CT molecular complexity index is 1210. The molecule has 0 saturated heterocycles. The van der Waals surface area contributed by atoms with Gasteiger partial charge in [-0.25, -0.2) is 4.98 Å². The second kappa shape index (κ2) is 13.7. The Morgan fingerprint density at radius 2 is 1.84 bits per heavy atom. The molecule has 3 rings (SSSR count). The minimum atomic E-state index is -1.17. The number of carboxylic acids is 1. The monoisotopic (exact) mass is 514 g/mol. The molecule has 0 bridgehead atoms. The lowest BCUT2D eigenvalue weighted by Crippen LogP contribution is -2.31. The molecule has 37 heavy (non-hydrogen) atoms. The van der Waals surface area contributed by atoms with E-state index in [2.05, 4.69) is 20.6 Å². The van der Waals surface area contributed by atoms with Crippen molar-refractivity contribution >= 4 is 34.7 Å². The number of nitrogens with zero attached hydrogens (tertiary/aromatic N) is 2. The number of carbonyl (C=O) groups is 3. The van der Waals surface area contributed by atoms with Gasteiger partial charge in [-0.2, -0.15) is 0 Å². The van der Waals surface area contributed by atoms with Gasteiger partial charge in [0.25, 0.3) is 11.8 Å². The van der Waals surface area contributed by atoms with Gasteiger partial charge in [-0.3, -0.25) is 19.4 Å². The first kappa shape index (κ1) is 28.9. The molecule has 0 aliphatic carbocycles. The number of amides is 2. The third-order valence-electron chi connectivity index (χ3n) is 4.91. The highest BCUT2D eigenvalue weighted by Gasteiger charge is 2.26. The Morgan fingerprint density at radius 3 is 2.41 bits per heavy atom. The van der Waals surface area contributed by atoms with Gasteiger partial charge in [0, 0.05) is 11.9 Å². The van der Waals surface area contributed by atoms with Crippen LogP contribution in [0.3, 0.4) is 0 Å². The largest absolute Gasteiger partial charge is 0.480 e. The van der Waals surface area contributed by atoms with E-state index < -0.39 is 30.4 Å². The second-order valence-electron chi connectivity index (χ2n) is 8.64. The Labute approximate surface area is 214 Å². The number of aliphatic carboxylic acids is 1. The van der Waals surface area contributed by atoms with E-state index in [4.69, 9.17) is 25.4 Å². The molecule has 1 unspecified atom stereocenters. The minimum absolute atomic E-state index is 0.0157. The van der Waals surface area contributed by atoms with E-state index in [-0.39, 0.29) is 35.0 Å². The van der Waals surface area contributed by atoms with Gasteiger partial charge in [0.1, 0.15) is 23.9 Å². The van der Waals surface area contributed by atoms with Crippen molar-refractivity contribution in [2.24, 2.45) is 22.4 Å². The van der Waals surface area contributed by atoms with E-state index in [1.54, 1.807) is 19.1 Å². The SMILES string of the molecule is CCCN=C(N)N.Cc1oc(C(CC(C)C)NC(=O)c2cc3ccccc3o2)nc1C(=O)NCC(=O)O. The number of para-hydroxylation sites is 1. The summed E-state index contributed by atoms with van der Waals surface area (Å²) >= 11 is 0. The number of carboxylic acid groups (broad SMARTS) is 1. The molecule has 12 nitrogen and oxygen atoms in total. The van der Waals surface area contributed by atoms with E-state index in [9.17, 15) is 14.4 Å². The second-order valence-corrected chi connectivity index (χ2v) is 8.64. The Kier molecular flexibility index (Phi) is 10.7. The molecule has 200 valence electrons. The fraction of sp³-hybridized carbons (Fsp3) is 0.400. The van der Waals surface area contributed by atoms with Crippen LogP contribution in [0.15, 0.2) is 44.2 Å². The number of guanidine groups is 1. The Balaban J connectivity index is 0.000000604. The van der Waals surface area contributed by atoms with E-state index in [0.29, 0.717) is 12.0 Å². The van der Waals surface area contributed by atoms with Crippen LogP contribution < -0.4 is 22.1 Å². The lowest BCUT2D eigenvalue weighted by atomic mass is 10.0. The molecule has 2 heterocycles. The summed E-state index contributed by atoms with van der Waals surface area (Å²) in [5.41, 5.74) is 10.6. The quantitative estimate of drug-likeness (QED) is 0.199. The molecule has 12 heteroatoms. The summed E-state index contributed by atoms with van der Waals surface area (Å²) in [6.07, 6.45) is 1.51. The van der Waals surface area contributed by atoms with Crippen molar-refractivity contribution in [1.82, 2.24) is 15.6 Å². The molecule has 0 spiro atoms. The number of carbonyl (C=O) groups excluding carboxylic acids is 2. The topological polar surface area (TPSA) is 199 Å². The van der Waals surface area contributed by atoms with Crippen LogP contribution in [0.1, 0.15) is 72.3 Å². The van der Waals surface area contributed by atoms with Crippen LogP contribution in [-0.2, 0) is 4.79 Å². The molecule has 7 N–H and O–H groups in total. The Hall–Kier alpha value is -4.35. The minimum Gasteiger partial charge on any atom is -0.480 e. The number of aromatic nitrogens is 1. The van der Waals surface area contributed by atoms with Crippen molar-refractivity contribution in [2.75, 3.05) is 13.1 Å². The summed E-state index contributed by atoms with van der Waals surface area (Å²) in [6, 6.07) is 8.36. The Morgan fingerprint density at radius 1 is 1.14 bits per heavy atom. The lowest BCUT2D eigenvalue weighted by molar-refractivity contribution is -0.135. The van der Waals surface area contributed by atoms with Crippen LogP contribution >= 0.6 is 0 Å². The fourth-order valence-electron chi connectivity index (χ4n) is 3.27. The summed E-state index contributed by atoms with van der Waals surface area (Å²) in [5, 5.41) is 14.6. The summed E-state index contributed by atoms with van der Waals surface area (Å²) < 4.78 is 11.2. The molecule has 1 aromatic carbocycles. The maximum Gasteiger partial charge on any atom is 0.322 e. The molecule has 2 aromatic heterocycles. The maximum absolute atomic E-state index is 12.8. The number of furan rings is 1. The van der Waals surface area contributed by atoms with Gasteiger partial charge in [0.15, 0.2) is 17.4 Å². The molecule has 3 aromatic rings. The van der Waals surface area contributed by atoms with Crippen molar-refractivity contribution in [3.05, 3.63) is 53.4 Å². The summed E-state index contributed by atoms with van der Waals surface area (Å²) in [6.45, 7) is 7.75. The van der Waals surface area contributed by atoms with Gasteiger partial charge >= 0.3 is 5.97 Å². The highest BCUT2D eigenvalue weighted by Crippen LogP contribution is 2.25. The van der Waals surface area contributed by atoms with E-state index in [1.165, 1.54) is 0 Å². The van der Waals surface area contributed by atoms with Crippen molar-refractivity contribution in [2.45, 2.75) is 46.6 Å². The van der Waals surface area contributed by atoms with Crippen molar-refractivity contribution in [3.63, 3.8) is 0 Å². The van der Waals surface area contributed by atoms with Crippen LogP contribution in [0.25, 0.3) is 11.0 Å². The fourth-order valence-corrected chi connectivity index (χ4v) is 3.27. The van der Waals surface area contributed by atoms with Crippen molar-refractivity contribution < 1.29 is 28.3 Å². The number of aryl methyl sites for hydroxylation is 1. The van der Waals surface area contributed by atoms with Gasteiger partial charge < -0.3 is 36.0 Å². The number of hydrogen-bond acceptors (Lipinski definition) is 7. The third kappa shape index (κ3) is 8.98. The number of oxazole rings is 1. The highest BCUT2D eigenvalue weighted by atomic mass is 16.4. The smallest absolute Gasteiger partial charge is 0.322 e. The first-order chi connectivity index (χ1) is 17.5. The van der Waals surface area contributed by atoms with Gasteiger partial charge in [-0.1, -0.05) is 39.0 Å². The van der Waals surface area contributed by atoms with Crippen molar-refractivity contribution in [3.8, 4) is 0 Å². The third-order valence-corrected chi connectivity index (χ3v) is 4.91. The predicted octanol–water partition coefficient (Wildman–Crippen LogP) is 2.73. The number of nitrogens with two attached hydrogens (primary N) is 2. The molecule has 0 saturated carbocycles. The van der Waals surface area contributed by atoms with Crippen molar-refractivity contribution in [1.29, 1.82) is 0 Å². The van der Waals surface area contributed by atoms with E-state index in [0.717, 1.165) is 18.4 Å². The predicted molar refractivity (Wildman–Crippen MR) is 138 cm³/mol. The van der Waals surface area contributed by atoms with Crippen LogP contribution in [0.2, 0.25) is 0 Å². The maximum atomic E-state index is 12.8. The molecular formula is C25H34N6O6. The average Bonchev–Trinajstić information content (AvgIpc) is 3.44. The number of benzene rings is 1. The van der Waals surface area contributed by atoms with Crippen LogP contribution in [0.5, 0.6) is 0 Å². The van der Waals surface area contributed by atoms with E-state index in [1.807, 2.05) is 39.0 Å². The molecule has 0 radical (unpaired) electrons. The zero-order valence-electron chi connectivity index (χ0n) is 21.4. The molecule has 2 amide bonds. The first-order valence-corrected chi connectivity index (χ1v) is 11.8. The number of nitrogens with one attached hydrogen (secondary N) is 2. The lowest BCUT2D eigenvalue weighted by Gasteiger charge is -2.16. The van der Waals surface area contributed by atoms with Gasteiger partial charge in [0.2, 0.25) is 5.89 Å². The number of fused-ring (bicyclic) bond motifs is 1. The molecule has 0 fully saturated rings. The number of rotatable bonds is 10. The molecule has 1 atom stereocenters. The van der Waals surface area contributed by atoms with Crippen LogP contribution in [-0.4, -0.2) is 46.9 Å². The molecule has 0 aliphatic heterocycles. The molecular weight excluding hydrogens is 480 g/mol. The highest BCUT2D eigenvalue weighted by molar-refractivity contribution is 5.96. The van der Waals surface area contributed by atoms with Gasteiger partial charge in [-0.15, -0.1) is 0 Å². The average molecular weight is 515 g/mol. The number of hydrogen-bond donors (Lipinski definition) is 5. The van der Waals surface area contributed by atoms with E-state index >= 15 is 0 Å². The van der Waals surface area contributed by atoms with Gasteiger partial charge in [-0.05, 0) is 37.8 Å². The zero-order chi connectivity index (χ0) is 27.5. The van der Waals surface area contributed by atoms with Crippen LogP contribution in [0, 0.1) is 12.8 Å². The van der Waals surface area contributed by atoms with Gasteiger partial charge in [0.05, 0.1) is 0 Å². The summed E-state index contributed by atoms with van der Waals surface area (Å²) in [5.74, 6) is -1.30. The molecule has 0 aliphatic rings. The standard InChI is InChI=1S/C21H23N3O6.C4H11N3/c1-11(2)8-14(21-24-18(12(3)29-21)20(28)22-10-17(25)26)23-19(27)16-9-13-6-4-5-7-15(13)30-16;1-2-3-7-4(5)6/h4-7,9,11,14H,8,10H2,1-3H3,(H,22,28)(H,23,27)(H,25,26);2-3H2,1H3,(H4,5,6,7).